The Morgan fingerprint density at radius 3 is 2.12 bits per heavy atom. The third-order valence-corrected chi connectivity index (χ3v) is 7.19. The molecule has 0 radical (unpaired) electrons. The first kappa shape index (κ1) is 29.6. The number of carbonyl (C=O) groups is 3. The molecular weight excluding hydrogens is 514 g/mol. The zero-order valence-corrected chi connectivity index (χ0v) is 24.6. The molecule has 1 aliphatic heterocycles. The second-order valence-electron chi connectivity index (χ2n) is 11.9. The Bertz CT molecular complexity index is 1340. The van der Waals surface area contributed by atoms with Gasteiger partial charge in [0.1, 0.15) is 12.6 Å². The van der Waals surface area contributed by atoms with E-state index in [4.69, 9.17) is 0 Å². The van der Waals surface area contributed by atoms with Crippen LogP contribution in [0, 0.1) is 0 Å². The molecule has 216 valence electrons. The molecular formula is C33H41N5O3. The summed E-state index contributed by atoms with van der Waals surface area (Å²) in [5.74, 6) is -0.546. The fraction of sp³-hybridized carbons (Fsp3) is 0.364. The van der Waals surface area contributed by atoms with Crippen molar-refractivity contribution >= 4 is 29.2 Å². The van der Waals surface area contributed by atoms with E-state index in [0.717, 1.165) is 16.8 Å². The molecule has 41 heavy (non-hydrogen) atoms. The maximum atomic E-state index is 14.2. The van der Waals surface area contributed by atoms with Crippen molar-refractivity contribution in [2.24, 2.45) is 0 Å². The Balaban J connectivity index is 1.67. The molecule has 3 atom stereocenters. The number of nitrogens with one attached hydrogen (secondary N) is 3. The highest BCUT2D eigenvalue weighted by atomic mass is 16.2. The van der Waals surface area contributed by atoms with Crippen molar-refractivity contribution in [2.75, 3.05) is 30.9 Å². The number of benzene rings is 3. The van der Waals surface area contributed by atoms with Crippen molar-refractivity contribution in [3.05, 3.63) is 96.1 Å². The van der Waals surface area contributed by atoms with Gasteiger partial charge >= 0.3 is 6.03 Å². The Morgan fingerprint density at radius 2 is 1.51 bits per heavy atom. The van der Waals surface area contributed by atoms with Crippen LogP contribution in [0.15, 0.2) is 84.9 Å². The smallest absolute Gasteiger partial charge is 0.319 e. The fourth-order valence-electron chi connectivity index (χ4n) is 5.33. The summed E-state index contributed by atoms with van der Waals surface area (Å²) in [5.41, 5.74) is 3.17. The first-order valence-electron chi connectivity index (χ1n) is 14.1. The molecule has 3 aromatic rings. The van der Waals surface area contributed by atoms with E-state index >= 15 is 0 Å². The first-order chi connectivity index (χ1) is 19.5. The molecule has 3 unspecified atom stereocenters. The van der Waals surface area contributed by atoms with Crippen LogP contribution in [-0.2, 0) is 9.59 Å². The van der Waals surface area contributed by atoms with E-state index in [1.54, 1.807) is 4.90 Å². The minimum atomic E-state index is -0.826. The van der Waals surface area contributed by atoms with Crippen molar-refractivity contribution in [3.63, 3.8) is 0 Å². The topological polar surface area (TPSA) is 93.8 Å². The molecule has 3 aromatic carbocycles. The average molecular weight is 556 g/mol. The molecule has 0 spiro atoms. The minimum absolute atomic E-state index is 0.0246. The molecule has 0 aromatic heterocycles. The summed E-state index contributed by atoms with van der Waals surface area (Å²) in [4.78, 5) is 44.2. The summed E-state index contributed by atoms with van der Waals surface area (Å²) < 4.78 is 0. The Morgan fingerprint density at radius 1 is 0.878 bits per heavy atom. The highest BCUT2D eigenvalue weighted by molar-refractivity contribution is 5.95. The van der Waals surface area contributed by atoms with Crippen LogP contribution in [0.5, 0.6) is 0 Å². The van der Waals surface area contributed by atoms with Crippen molar-refractivity contribution < 1.29 is 14.4 Å². The lowest BCUT2D eigenvalue weighted by Crippen LogP contribution is -2.53. The van der Waals surface area contributed by atoms with Crippen molar-refractivity contribution in [3.8, 4) is 0 Å². The summed E-state index contributed by atoms with van der Waals surface area (Å²) in [5, 5.41) is 8.81. The number of likely N-dealkylation sites (tertiary alicyclic amines) is 1. The molecule has 4 amide bonds. The van der Waals surface area contributed by atoms with Gasteiger partial charge in [0.2, 0.25) is 11.8 Å². The second kappa shape index (κ2) is 12.9. The van der Waals surface area contributed by atoms with Gasteiger partial charge in [-0.05, 0) is 68.9 Å². The number of anilines is 2. The molecule has 4 rings (SSSR count). The predicted molar refractivity (Wildman–Crippen MR) is 164 cm³/mol. The van der Waals surface area contributed by atoms with Gasteiger partial charge < -0.3 is 25.8 Å². The lowest BCUT2D eigenvalue weighted by Gasteiger charge is -2.33. The van der Waals surface area contributed by atoms with Gasteiger partial charge in [-0.25, -0.2) is 4.79 Å². The average Bonchev–Trinajstić information content (AvgIpc) is 3.05. The fourth-order valence-corrected chi connectivity index (χ4v) is 5.33. The normalized spacial score (nSPS) is 19.2. The number of amides is 4. The van der Waals surface area contributed by atoms with Crippen LogP contribution in [0.1, 0.15) is 56.7 Å². The van der Waals surface area contributed by atoms with E-state index in [2.05, 4.69) is 28.1 Å². The Labute approximate surface area is 243 Å². The second-order valence-corrected chi connectivity index (χ2v) is 11.9. The maximum Gasteiger partial charge on any atom is 0.319 e. The zero-order chi connectivity index (χ0) is 29.6. The number of carbonyl (C=O) groups excluding carboxylic acids is 3. The van der Waals surface area contributed by atoms with Crippen LogP contribution in [-0.4, -0.2) is 55.0 Å². The predicted octanol–water partition coefficient (Wildman–Crippen LogP) is 5.30. The van der Waals surface area contributed by atoms with Gasteiger partial charge in [0.15, 0.2) is 0 Å². The molecule has 3 N–H and O–H groups in total. The van der Waals surface area contributed by atoms with Crippen LogP contribution < -0.4 is 20.9 Å². The van der Waals surface area contributed by atoms with Gasteiger partial charge in [0, 0.05) is 31.0 Å². The molecule has 1 aliphatic rings. The van der Waals surface area contributed by atoms with E-state index in [1.807, 2.05) is 113 Å². The molecule has 1 fully saturated rings. The Hall–Kier alpha value is -4.33. The van der Waals surface area contributed by atoms with E-state index in [1.165, 1.54) is 0 Å². The van der Waals surface area contributed by atoms with Crippen molar-refractivity contribution in [1.82, 2.24) is 15.5 Å². The minimum Gasteiger partial charge on any atom is -0.378 e. The largest absolute Gasteiger partial charge is 0.378 e. The summed E-state index contributed by atoms with van der Waals surface area (Å²) in [6.07, 6.45) is 1.03. The Kier molecular flexibility index (Phi) is 9.32. The van der Waals surface area contributed by atoms with Gasteiger partial charge in [-0.3, -0.25) is 9.59 Å². The van der Waals surface area contributed by atoms with E-state index in [-0.39, 0.29) is 30.3 Å². The van der Waals surface area contributed by atoms with Crippen LogP contribution in [0.2, 0.25) is 0 Å². The van der Waals surface area contributed by atoms with Gasteiger partial charge in [0.05, 0.1) is 6.04 Å². The molecule has 1 heterocycles. The zero-order valence-electron chi connectivity index (χ0n) is 24.6. The lowest BCUT2D eigenvalue weighted by atomic mass is 9.86. The third kappa shape index (κ3) is 8.10. The van der Waals surface area contributed by atoms with Gasteiger partial charge in [-0.2, -0.15) is 0 Å². The van der Waals surface area contributed by atoms with E-state index < -0.39 is 17.6 Å². The summed E-state index contributed by atoms with van der Waals surface area (Å²) in [6.45, 7) is 5.63. The SMILES string of the molecule is CN(C)c1cccc(NC(=O)NC2CC(c3ccccc3)CC(c3ccccc3)N(CC(=O)NC(C)(C)C)C2=O)c1. The van der Waals surface area contributed by atoms with Crippen LogP contribution >= 0.6 is 0 Å². The van der Waals surface area contributed by atoms with Crippen LogP contribution in [0.25, 0.3) is 0 Å². The monoisotopic (exact) mass is 555 g/mol. The third-order valence-electron chi connectivity index (χ3n) is 7.19. The lowest BCUT2D eigenvalue weighted by molar-refractivity contribution is -0.139. The van der Waals surface area contributed by atoms with Gasteiger partial charge in [0.25, 0.3) is 0 Å². The van der Waals surface area contributed by atoms with Crippen molar-refractivity contribution in [1.29, 1.82) is 0 Å². The maximum absolute atomic E-state index is 14.2. The first-order valence-corrected chi connectivity index (χ1v) is 14.1. The van der Waals surface area contributed by atoms with Crippen LogP contribution in [0.4, 0.5) is 16.2 Å². The molecule has 0 saturated carbocycles. The number of nitrogens with zero attached hydrogens (tertiary/aromatic N) is 2. The summed E-state index contributed by atoms with van der Waals surface area (Å²) in [6, 6.07) is 25.7. The highest BCUT2D eigenvalue weighted by Gasteiger charge is 2.40. The molecule has 0 bridgehead atoms. The van der Waals surface area contributed by atoms with Gasteiger partial charge in [-0.15, -0.1) is 0 Å². The quantitative estimate of drug-likeness (QED) is 0.369. The number of hydrogen-bond acceptors (Lipinski definition) is 4. The standard InChI is InChI=1S/C33H41N5O3/c1-33(2,3)36-30(39)22-38-29(24-15-10-7-11-16-24)20-25(23-13-8-6-9-14-23)19-28(31(38)40)35-32(41)34-26-17-12-18-27(21-26)37(4)5/h6-18,21,25,28-29H,19-20,22H2,1-5H3,(H,36,39)(H2,34,35,41). The molecule has 1 saturated heterocycles. The summed E-state index contributed by atoms with van der Waals surface area (Å²) >= 11 is 0. The van der Waals surface area contributed by atoms with Crippen LogP contribution in [0.3, 0.4) is 0 Å². The van der Waals surface area contributed by atoms with Crippen molar-refractivity contribution in [2.45, 2.75) is 57.2 Å². The van der Waals surface area contributed by atoms with E-state index in [9.17, 15) is 14.4 Å². The van der Waals surface area contributed by atoms with E-state index in [0.29, 0.717) is 18.5 Å². The number of rotatable bonds is 7. The summed E-state index contributed by atoms with van der Waals surface area (Å²) in [7, 11) is 3.86. The molecule has 0 aliphatic carbocycles. The highest BCUT2D eigenvalue weighted by Crippen LogP contribution is 2.39. The number of hydrogen-bond donors (Lipinski definition) is 3. The van der Waals surface area contributed by atoms with Gasteiger partial charge in [-0.1, -0.05) is 66.7 Å². The number of urea groups is 1. The molecule has 8 nitrogen and oxygen atoms in total. The molecule has 8 heteroatoms.